The molecule has 2 aromatic rings. The number of hydrogen-bond acceptors (Lipinski definition) is 1. The molecule has 76 valence electrons. The lowest BCUT2D eigenvalue weighted by molar-refractivity contribution is 0.244. The summed E-state index contributed by atoms with van der Waals surface area (Å²) in [6.07, 6.45) is 4.88. The molecule has 2 aliphatic rings. The van der Waals surface area contributed by atoms with Gasteiger partial charge in [0.05, 0.1) is 0 Å². The summed E-state index contributed by atoms with van der Waals surface area (Å²) < 4.78 is 0. The summed E-state index contributed by atoms with van der Waals surface area (Å²) in [6, 6.07) is 7.37. The van der Waals surface area contributed by atoms with Gasteiger partial charge in [0, 0.05) is 29.7 Å². The molecule has 1 atom stereocenters. The first-order valence-electron chi connectivity index (χ1n) is 5.76. The summed E-state index contributed by atoms with van der Waals surface area (Å²) in [5.41, 5.74) is 4.35. The topological polar surface area (TPSA) is 19.0 Å². The lowest BCUT2D eigenvalue weighted by Crippen LogP contribution is -2.25. The maximum Gasteiger partial charge on any atom is 0.0460 e. The van der Waals surface area contributed by atoms with Crippen LogP contribution in [0.3, 0.4) is 0 Å². The van der Waals surface area contributed by atoms with Crippen molar-refractivity contribution in [2.24, 2.45) is 0 Å². The molecule has 1 aromatic heterocycles. The van der Waals surface area contributed by atoms with E-state index in [2.05, 4.69) is 34.3 Å². The molecule has 15 heavy (non-hydrogen) atoms. The maximum atomic E-state index is 3.38. The van der Waals surface area contributed by atoms with Crippen LogP contribution in [0.1, 0.15) is 30.0 Å². The van der Waals surface area contributed by atoms with E-state index in [0.29, 0.717) is 6.04 Å². The van der Waals surface area contributed by atoms with Crippen molar-refractivity contribution in [3.63, 3.8) is 0 Å². The number of fused-ring (bicyclic) bond motifs is 2. The standard InChI is InChI=1S/C13H14N2/c1-3-10-12-5-2-6-15(12)8-9-7-14-11(4-1)13(9)10/h1,3-4,7,12,14H,2,5-6,8H2. The molecule has 2 aliphatic heterocycles. The average molecular weight is 198 g/mol. The smallest absolute Gasteiger partial charge is 0.0460 e. The Balaban J connectivity index is 2.06. The van der Waals surface area contributed by atoms with Crippen molar-refractivity contribution in [1.82, 2.24) is 9.88 Å². The van der Waals surface area contributed by atoms with Gasteiger partial charge in [-0.15, -0.1) is 0 Å². The molecule has 1 aromatic carbocycles. The van der Waals surface area contributed by atoms with Gasteiger partial charge in [-0.05, 0) is 36.6 Å². The lowest BCUT2D eigenvalue weighted by atomic mass is 9.94. The van der Waals surface area contributed by atoms with Crippen molar-refractivity contribution in [2.45, 2.75) is 25.4 Å². The summed E-state index contributed by atoms with van der Waals surface area (Å²) in [5, 5.41) is 1.50. The average Bonchev–Trinajstić information content (AvgIpc) is 2.87. The Hall–Kier alpha value is -1.28. The predicted molar refractivity (Wildman–Crippen MR) is 60.7 cm³/mol. The second-order valence-electron chi connectivity index (χ2n) is 4.71. The number of aromatic amines is 1. The van der Waals surface area contributed by atoms with Crippen molar-refractivity contribution in [1.29, 1.82) is 0 Å². The van der Waals surface area contributed by atoms with Crippen molar-refractivity contribution in [3.05, 3.63) is 35.5 Å². The number of H-pyrrole nitrogens is 1. The lowest BCUT2D eigenvalue weighted by Gasteiger charge is -2.29. The van der Waals surface area contributed by atoms with Crippen molar-refractivity contribution < 1.29 is 0 Å². The maximum absolute atomic E-state index is 3.38. The Kier molecular flexibility index (Phi) is 1.40. The third-order valence-corrected chi connectivity index (χ3v) is 3.92. The first-order chi connectivity index (χ1) is 7.43. The fourth-order valence-corrected chi connectivity index (χ4v) is 3.27. The normalized spacial score (nSPS) is 24.7. The van der Waals surface area contributed by atoms with Gasteiger partial charge >= 0.3 is 0 Å². The van der Waals surface area contributed by atoms with E-state index in [4.69, 9.17) is 0 Å². The highest BCUT2D eigenvalue weighted by molar-refractivity contribution is 5.87. The molecule has 1 N–H and O–H groups in total. The Morgan fingerprint density at radius 3 is 3.33 bits per heavy atom. The van der Waals surface area contributed by atoms with Crippen LogP contribution in [0, 0.1) is 0 Å². The number of nitrogens with one attached hydrogen (secondary N) is 1. The molecule has 1 saturated heterocycles. The van der Waals surface area contributed by atoms with Gasteiger partial charge in [-0.3, -0.25) is 4.90 Å². The minimum Gasteiger partial charge on any atom is -0.361 e. The third-order valence-electron chi connectivity index (χ3n) is 3.92. The number of aromatic nitrogens is 1. The fourth-order valence-electron chi connectivity index (χ4n) is 3.27. The van der Waals surface area contributed by atoms with Crippen molar-refractivity contribution in [2.75, 3.05) is 6.54 Å². The summed E-state index contributed by atoms with van der Waals surface area (Å²) >= 11 is 0. The van der Waals surface area contributed by atoms with Crippen LogP contribution >= 0.6 is 0 Å². The van der Waals surface area contributed by atoms with Crippen LogP contribution in [0.4, 0.5) is 0 Å². The molecule has 2 heteroatoms. The van der Waals surface area contributed by atoms with Gasteiger partial charge < -0.3 is 4.98 Å². The SMILES string of the molecule is c1cc2c3c(c[nH]c3c1)CN1CCCC21. The van der Waals surface area contributed by atoms with Crippen LogP contribution < -0.4 is 0 Å². The van der Waals surface area contributed by atoms with Crippen LogP contribution in [-0.4, -0.2) is 16.4 Å². The minimum absolute atomic E-state index is 0.692. The summed E-state index contributed by atoms with van der Waals surface area (Å²) in [4.78, 5) is 6.00. The van der Waals surface area contributed by atoms with Gasteiger partial charge in [-0.1, -0.05) is 12.1 Å². The molecular formula is C13H14N2. The molecule has 0 radical (unpaired) electrons. The van der Waals surface area contributed by atoms with E-state index < -0.39 is 0 Å². The Morgan fingerprint density at radius 1 is 1.33 bits per heavy atom. The molecular weight excluding hydrogens is 184 g/mol. The zero-order valence-corrected chi connectivity index (χ0v) is 8.66. The van der Waals surface area contributed by atoms with E-state index in [1.807, 2.05) is 0 Å². The van der Waals surface area contributed by atoms with E-state index in [1.165, 1.54) is 35.9 Å². The summed E-state index contributed by atoms with van der Waals surface area (Å²) in [7, 11) is 0. The van der Waals surface area contributed by atoms with Crippen LogP contribution in [-0.2, 0) is 6.54 Å². The van der Waals surface area contributed by atoms with Crippen LogP contribution in [0.15, 0.2) is 24.4 Å². The zero-order chi connectivity index (χ0) is 9.83. The highest BCUT2D eigenvalue weighted by atomic mass is 15.2. The van der Waals surface area contributed by atoms with E-state index in [-0.39, 0.29) is 0 Å². The zero-order valence-electron chi connectivity index (χ0n) is 8.66. The Bertz CT molecular complexity index is 526. The summed E-state index contributed by atoms with van der Waals surface area (Å²) in [6.45, 7) is 2.41. The molecule has 1 unspecified atom stereocenters. The number of nitrogens with zero attached hydrogens (tertiary/aromatic N) is 1. The molecule has 3 heterocycles. The van der Waals surface area contributed by atoms with Gasteiger partial charge in [-0.2, -0.15) is 0 Å². The first kappa shape index (κ1) is 7.94. The van der Waals surface area contributed by atoms with Crippen LogP contribution in [0.25, 0.3) is 10.9 Å². The van der Waals surface area contributed by atoms with Gasteiger partial charge in [0.25, 0.3) is 0 Å². The van der Waals surface area contributed by atoms with Gasteiger partial charge in [0.1, 0.15) is 0 Å². The highest BCUT2D eigenvalue weighted by Crippen LogP contribution is 2.42. The molecule has 4 rings (SSSR count). The minimum atomic E-state index is 0.692. The van der Waals surface area contributed by atoms with Gasteiger partial charge in [0.15, 0.2) is 0 Å². The van der Waals surface area contributed by atoms with E-state index in [1.54, 1.807) is 5.56 Å². The number of benzene rings is 1. The monoisotopic (exact) mass is 198 g/mol. The van der Waals surface area contributed by atoms with Crippen LogP contribution in [0.2, 0.25) is 0 Å². The Labute approximate surface area is 88.9 Å². The first-order valence-corrected chi connectivity index (χ1v) is 5.76. The largest absolute Gasteiger partial charge is 0.361 e. The van der Waals surface area contributed by atoms with Gasteiger partial charge in [-0.25, -0.2) is 0 Å². The second-order valence-corrected chi connectivity index (χ2v) is 4.71. The number of hydrogen-bond donors (Lipinski definition) is 1. The molecule has 2 nitrogen and oxygen atoms in total. The number of rotatable bonds is 0. The van der Waals surface area contributed by atoms with E-state index in [9.17, 15) is 0 Å². The highest BCUT2D eigenvalue weighted by Gasteiger charge is 2.32. The van der Waals surface area contributed by atoms with Crippen LogP contribution in [0.5, 0.6) is 0 Å². The van der Waals surface area contributed by atoms with E-state index >= 15 is 0 Å². The fraction of sp³-hybridized carbons (Fsp3) is 0.385. The Morgan fingerprint density at radius 2 is 2.33 bits per heavy atom. The molecule has 0 aliphatic carbocycles. The molecule has 1 fully saturated rings. The molecule has 0 saturated carbocycles. The molecule has 0 bridgehead atoms. The molecule has 0 amide bonds. The third kappa shape index (κ3) is 0.927. The van der Waals surface area contributed by atoms with Crippen molar-refractivity contribution in [3.8, 4) is 0 Å². The van der Waals surface area contributed by atoms with Gasteiger partial charge in [0.2, 0.25) is 0 Å². The molecule has 0 spiro atoms. The predicted octanol–water partition coefficient (Wildman–Crippen LogP) is 2.82. The second kappa shape index (κ2) is 2.64. The van der Waals surface area contributed by atoms with E-state index in [0.717, 1.165) is 6.54 Å². The quantitative estimate of drug-likeness (QED) is 0.689. The van der Waals surface area contributed by atoms with Crippen molar-refractivity contribution >= 4 is 10.9 Å². The summed E-state index contributed by atoms with van der Waals surface area (Å²) in [5.74, 6) is 0.